The minimum absolute atomic E-state index is 0.388. The van der Waals surface area contributed by atoms with E-state index in [9.17, 15) is 0 Å². The Hall–Kier alpha value is -0.970. The molecule has 0 saturated carbocycles. The van der Waals surface area contributed by atoms with Crippen molar-refractivity contribution in [3.05, 3.63) is 5.82 Å². The fourth-order valence-electron chi connectivity index (χ4n) is 1.26. The maximum absolute atomic E-state index is 3.97. The zero-order chi connectivity index (χ0) is 8.81. The van der Waals surface area contributed by atoms with Gasteiger partial charge in [0.15, 0.2) is 5.82 Å². The van der Waals surface area contributed by atoms with Crippen LogP contribution in [0.3, 0.4) is 0 Å². The Morgan fingerprint density at radius 2 is 2.42 bits per heavy atom. The third kappa shape index (κ3) is 2.27. The molecule has 0 spiro atoms. The van der Waals surface area contributed by atoms with Gasteiger partial charge in [0, 0.05) is 12.5 Å². The molecule has 1 rings (SSSR count). The van der Waals surface area contributed by atoms with Crippen LogP contribution in [0, 0.1) is 0 Å². The van der Waals surface area contributed by atoms with Crippen LogP contribution < -0.4 is 5.32 Å². The number of hydrogen-bond acceptors (Lipinski definition) is 4. The molecule has 5 heteroatoms. The summed E-state index contributed by atoms with van der Waals surface area (Å²) < 4.78 is 0. The van der Waals surface area contributed by atoms with Crippen LogP contribution in [-0.4, -0.2) is 34.2 Å². The smallest absolute Gasteiger partial charge is 0.178 e. The Morgan fingerprint density at radius 1 is 1.58 bits per heavy atom. The van der Waals surface area contributed by atoms with Crippen molar-refractivity contribution >= 4 is 0 Å². The predicted molar refractivity (Wildman–Crippen MR) is 45.8 cm³/mol. The summed E-state index contributed by atoms with van der Waals surface area (Å²) >= 11 is 0. The molecule has 0 amide bonds. The van der Waals surface area contributed by atoms with Crippen LogP contribution >= 0.6 is 0 Å². The molecule has 0 aliphatic rings. The molecule has 5 nitrogen and oxygen atoms in total. The molecule has 1 heterocycles. The molecule has 68 valence electrons. The summed E-state index contributed by atoms with van der Waals surface area (Å²) in [5, 5.41) is 17.1. The van der Waals surface area contributed by atoms with Crippen LogP contribution in [0.5, 0.6) is 0 Å². The van der Waals surface area contributed by atoms with Gasteiger partial charge in [-0.05, 0) is 13.5 Å². The predicted octanol–water partition coefficient (Wildman–Crippen LogP) is 0.303. The Balaban J connectivity index is 2.53. The summed E-state index contributed by atoms with van der Waals surface area (Å²) in [5.41, 5.74) is 0. The van der Waals surface area contributed by atoms with Gasteiger partial charge in [0.25, 0.3) is 0 Å². The molecule has 2 N–H and O–H groups in total. The first-order valence-corrected chi connectivity index (χ1v) is 4.26. The number of nitrogens with zero attached hydrogens (tertiary/aromatic N) is 3. The zero-order valence-corrected chi connectivity index (χ0v) is 7.54. The number of rotatable bonds is 5. The third-order valence-corrected chi connectivity index (χ3v) is 1.81. The van der Waals surface area contributed by atoms with E-state index in [4.69, 9.17) is 0 Å². The Morgan fingerprint density at radius 3 is 2.92 bits per heavy atom. The number of aromatic nitrogens is 4. The van der Waals surface area contributed by atoms with E-state index in [1.807, 2.05) is 7.05 Å². The molecule has 0 aliphatic carbocycles. The Labute approximate surface area is 71.9 Å². The van der Waals surface area contributed by atoms with Gasteiger partial charge in [0.2, 0.25) is 0 Å². The first-order chi connectivity index (χ1) is 5.88. The molecule has 1 atom stereocenters. The highest BCUT2D eigenvalue weighted by Crippen LogP contribution is 2.14. The van der Waals surface area contributed by atoms with E-state index < -0.39 is 0 Å². The van der Waals surface area contributed by atoms with Crippen LogP contribution in [0.1, 0.15) is 31.5 Å². The van der Waals surface area contributed by atoms with Gasteiger partial charge < -0.3 is 5.32 Å². The molecule has 12 heavy (non-hydrogen) atoms. The van der Waals surface area contributed by atoms with Crippen molar-refractivity contribution < 1.29 is 0 Å². The summed E-state index contributed by atoms with van der Waals surface area (Å²) in [6.45, 7) is 3.07. The summed E-state index contributed by atoms with van der Waals surface area (Å²) in [6, 6.07) is 0. The standard InChI is InChI=1S/C7H15N5/c1-3-4-6(5-8-2)7-9-11-12-10-7/h6,8H,3-5H2,1-2H3,(H,9,10,11,12). The Kier molecular flexibility index (Phi) is 3.66. The van der Waals surface area contributed by atoms with E-state index >= 15 is 0 Å². The fraction of sp³-hybridized carbons (Fsp3) is 0.857. The van der Waals surface area contributed by atoms with Crippen LogP contribution in [0.15, 0.2) is 0 Å². The molecule has 0 fully saturated rings. The maximum atomic E-state index is 3.97. The summed E-state index contributed by atoms with van der Waals surface area (Å²) in [4.78, 5) is 0. The second kappa shape index (κ2) is 4.82. The lowest BCUT2D eigenvalue weighted by atomic mass is 10.0. The van der Waals surface area contributed by atoms with Gasteiger partial charge in [-0.25, -0.2) is 0 Å². The van der Waals surface area contributed by atoms with Gasteiger partial charge in [-0.15, -0.1) is 10.2 Å². The van der Waals surface area contributed by atoms with Gasteiger partial charge in [-0.3, -0.25) is 0 Å². The van der Waals surface area contributed by atoms with Gasteiger partial charge in [0.1, 0.15) is 0 Å². The Bertz CT molecular complexity index is 190. The van der Waals surface area contributed by atoms with E-state index in [2.05, 4.69) is 32.9 Å². The highest BCUT2D eigenvalue weighted by atomic mass is 15.5. The monoisotopic (exact) mass is 169 g/mol. The summed E-state index contributed by atoms with van der Waals surface area (Å²) in [5.74, 6) is 1.20. The quantitative estimate of drug-likeness (QED) is 0.665. The number of likely N-dealkylation sites (N-methyl/N-ethyl adjacent to an activating group) is 1. The molecular weight excluding hydrogens is 154 g/mol. The van der Waals surface area contributed by atoms with Gasteiger partial charge in [0.05, 0.1) is 0 Å². The number of H-pyrrole nitrogens is 1. The van der Waals surface area contributed by atoms with Crippen molar-refractivity contribution in [2.45, 2.75) is 25.7 Å². The van der Waals surface area contributed by atoms with Gasteiger partial charge >= 0.3 is 0 Å². The number of tetrazole rings is 1. The minimum Gasteiger partial charge on any atom is -0.319 e. The molecule has 0 aromatic carbocycles. The van der Waals surface area contributed by atoms with Crippen molar-refractivity contribution in [2.75, 3.05) is 13.6 Å². The van der Waals surface area contributed by atoms with Gasteiger partial charge in [-0.1, -0.05) is 18.6 Å². The van der Waals surface area contributed by atoms with Crippen LogP contribution in [-0.2, 0) is 0 Å². The minimum atomic E-state index is 0.388. The largest absolute Gasteiger partial charge is 0.319 e. The highest BCUT2D eigenvalue weighted by molar-refractivity contribution is 4.91. The molecule has 0 radical (unpaired) electrons. The van der Waals surface area contributed by atoms with Crippen molar-refractivity contribution in [1.82, 2.24) is 25.9 Å². The molecule has 1 unspecified atom stereocenters. The van der Waals surface area contributed by atoms with E-state index in [-0.39, 0.29) is 0 Å². The molecular formula is C7H15N5. The maximum Gasteiger partial charge on any atom is 0.178 e. The number of nitrogens with one attached hydrogen (secondary N) is 2. The number of aromatic amines is 1. The van der Waals surface area contributed by atoms with Crippen molar-refractivity contribution in [1.29, 1.82) is 0 Å². The second-order valence-corrected chi connectivity index (χ2v) is 2.81. The first kappa shape index (κ1) is 9.12. The molecule has 0 aliphatic heterocycles. The average Bonchev–Trinajstić information content (AvgIpc) is 2.56. The topological polar surface area (TPSA) is 66.5 Å². The first-order valence-electron chi connectivity index (χ1n) is 4.26. The number of hydrogen-bond donors (Lipinski definition) is 2. The lowest BCUT2D eigenvalue weighted by Gasteiger charge is -2.09. The second-order valence-electron chi connectivity index (χ2n) is 2.81. The summed E-state index contributed by atoms with van der Waals surface area (Å²) in [7, 11) is 1.93. The lowest BCUT2D eigenvalue weighted by molar-refractivity contribution is 0.549. The van der Waals surface area contributed by atoms with Crippen molar-refractivity contribution in [3.8, 4) is 0 Å². The normalized spacial score (nSPS) is 13.2. The highest BCUT2D eigenvalue weighted by Gasteiger charge is 2.13. The zero-order valence-electron chi connectivity index (χ0n) is 7.54. The van der Waals surface area contributed by atoms with Crippen molar-refractivity contribution in [3.63, 3.8) is 0 Å². The van der Waals surface area contributed by atoms with E-state index in [0.29, 0.717) is 5.92 Å². The van der Waals surface area contributed by atoms with E-state index in [1.54, 1.807) is 0 Å². The average molecular weight is 169 g/mol. The summed E-state index contributed by atoms with van der Waals surface area (Å²) in [6.07, 6.45) is 2.24. The molecule has 0 bridgehead atoms. The van der Waals surface area contributed by atoms with Crippen LogP contribution in [0.25, 0.3) is 0 Å². The lowest BCUT2D eigenvalue weighted by Crippen LogP contribution is -2.18. The molecule has 0 saturated heterocycles. The van der Waals surface area contributed by atoms with E-state index in [0.717, 1.165) is 25.2 Å². The van der Waals surface area contributed by atoms with Crippen LogP contribution in [0.4, 0.5) is 0 Å². The molecule has 1 aromatic rings. The SMILES string of the molecule is CCCC(CNC)c1nn[nH]n1. The van der Waals surface area contributed by atoms with E-state index in [1.165, 1.54) is 0 Å². The molecule has 1 aromatic heterocycles. The van der Waals surface area contributed by atoms with Crippen LogP contribution in [0.2, 0.25) is 0 Å². The van der Waals surface area contributed by atoms with Gasteiger partial charge in [-0.2, -0.15) is 5.21 Å². The fourth-order valence-corrected chi connectivity index (χ4v) is 1.26. The third-order valence-electron chi connectivity index (χ3n) is 1.81. The van der Waals surface area contributed by atoms with Crippen molar-refractivity contribution in [2.24, 2.45) is 0 Å².